The minimum absolute atomic E-state index is 0.123. The summed E-state index contributed by atoms with van der Waals surface area (Å²) in [5.74, 6) is -3.57. The Hall–Kier alpha value is -2.35. The smallest absolute Gasteiger partial charge is 0.303 e. The molecule has 1 unspecified atom stereocenters. The van der Waals surface area contributed by atoms with Gasteiger partial charge >= 0.3 is 5.92 Å². The fourth-order valence-electron chi connectivity index (χ4n) is 2.73. The van der Waals surface area contributed by atoms with Crippen molar-refractivity contribution >= 4 is 9.84 Å². The SMILES string of the molecule is CC.CS(=O)(=O)c1ccc(-n2cc(C(F)(F)CF)nc2C2C=CC=CC2)cc1. The highest BCUT2D eigenvalue weighted by Crippen LogP contribution is 2.33. The molecule has 4 nitrogen and oxygen atoms in total. The molecule has 1 aromatic carbocycles. The van der Waals surface area contributed by atoms with E-state index in [0.29, 0.717) is 17.9 Å². The first-order valence-corrected chi connectivity index (χ1v) is 10.8. The molecule has 1 aliphatic rings. The van der Waals surface area contributed by atoms with Crippen LogP contribution in [-0.2, 0) is 15.8 Å². The van der Waals surface area contributed by atoms with Gasteiger partial charge in [-0.3, -0.25) is 0 Å². The van der Waals surface area contributed by atoms with Crippen molar-refractivity contribution in [3.05, 3.63) is 66.3 Å². The van der Waals surface area contributed by atoms with Gasteiger partial charge in [-0.2, -0.15) is 8.78 Å². The average Bonchev–Trinajstić information content (AvgIpc) is 3.16. The van der Waals surface area contributed by atoms with Crippen LogP contribution in [0.4, 0.5) is 13.2 Å². The van der Waals surface area contributed by atoms with Crippen molar-refractivity contribution in [2.45, 2.75) is 37.0 Å². The van der Waals surface area contributed by atoms with E-state index >= 15 is 0 Å². The number of hydrogen-bond acceptors (Lipinski definition) is 3. The third kappa shape index (κ3) is 4.73. The molecule has 0 N–H and O–H groups in total. The second-order valence-electron chi connectivity index (χ2n) is 6.11. The van der Waals surface area contributed by atoms with Crippen LogP contribution in [0.15, 0.2) is 59.7 Å². The normalized spacial score (nSPS) is 16.6. The van der Waals surface area contributed by atoms with Crippen LogP contribution in [0.1, 0.15) is 37.7 Å². The molecule has 1 heterocycles. The largest absolute Gasteiger partial charge is 0.318 e. The lowest BCUT2D eigenvalue weighted by atomic mass is 10.00. The highest BCUT2D eigenvalue weighted by atomic mass is 32.2. The molecule has 2 aromatic rings. The van der Waals surface area contributed by atoms with Gasteiger partial charge in [0.2, 0.25) is 0 Å². The zero-order chi connectivity index (χ0) is 20.9. The van der Waals surface area contributed by atoms with Gasteiger partial charge in [-0.15, -0.1) is 0 Å². The zero-order valence-corrected chi connectivity index (χ0v) is 16.8. The number of alkyl halides is 3. The number of halogens is 3. The second kappa shape index (κ2) is 8.77. The first-order chi connectivity index (χ1) is 13.2. The fourth-order valence-corrected chi connectivity index (χ4v) is 3.36. The van der Waals surface area contributed by atoms with Crippen LogP contribution >= 0.6 is 0 Å². The number of aromatic nitrogens is 2. The van der Waals surface area contributed by atoms with Gasteiger partial charge in [0.05, 0.1) is 4.90 Å². The van der Waals surface area contributed by atoms with Crippen molar-refractivity contribution in [1.82, 2.24) is 9.55 Å². The lowest BCUT2D eigenvalue weighted by Crippen LogP contribution is -2.16. The van der Waals surface area contributed by atoms with E-state index in [4.69, 9.17) is 0 Å². The molecule has 0 amide bonds. The van der Waals surface area contributed by atoms with Crippen LogP contribution in [0.5, 0.6) is 0 Å². The van der Waals surface area contributed by atoms with Crippen LogP contribution in [0.25, 0.3) is 5.69 Å². The molecule has 28 heavy (non-hydrogen) atoms. The van der Waals surface area contributed by atoms with Gasteiger partial charge < -0.3 is 4.57 Å². The predicted molar refractivity (Wildman–Crippen MR) is 104 cm³/mol. The van der Waals surface area contributed by atoms with Gasteiger partial charge in [-0.05, 0) is 30.7 Å². The number of imidazole rings is 1. The molecular weight excluding hydrogens is 389 g/mol. The Labute approximate surface area is 163 Å². The molecule has 0 saturated carbocycles. The Balaban J connectivity index is 0.00000136. The monoisotopic (exact) mass is 412 g/mol. The van der Waals surface area contributed by atoms with Crippen LogP contribution in [0.2, 0.25) is 0 Å². The maximum atomic E-state index is 13.8. The van der Waals surface area contributed by atoms with Crippen molar-refractivity contribution < 1.29 is 21.6 Å². The van der Waals surface area contributed by atoms with E-state index in [2.05, 4.69) is 4.98 Å². The van der Waals surface area contributed by atoms with Crippen molar-refractivity contribution in [3.63, 3.8) is 0 Å². The number of nitrogens with zero attached hydrogens (tertiary/aromatic N) is 2. The van der Waals surface area contributed by atoms with E-state index in [1.807, 2.05) is 32.1 Å². The van der Waals surface area contributed by atoms with E-state index in [1.165, 1.54) is 28.8 Å². The van der Waals surface area contributed by atoms with Crippen molar-refractivity contribution in [3.8, 4) is 5.69 Å². The van der Waals surface area contributed by atoms with Gasteiger partial charge in [0.15, 0.2) is 16.5 Å². The first kappa shape index (κ1) is 21.9. The summed E-state index contributed by atoms with van der Waals surface area (Å²) in [4.78, 5) is 4.12. The molecule has 0 aliphatic heterocycles. The van der Waals surface area contributed by atoms with Gasteiger partial charge in [0, 0.05) is 24.1 Å². The van der Waals surface area contributed by atoms with Crippen molar-refractivity contribution in [2.75, 3.05) is 12.9 Å². The van der Waals surface area contributed by atoms with Crippen LogP contribution < -0.4 is 0 Å². The highest BCUT2D eigenvalue weighted by molar-refractivity contribution is 7.90. The Bertz CT molecular complexity index is 962. The first-order valence-electron chi connectivity index (χ1n) is 8.90. The quantitative estimate of drug-likeness (QED) is 0.697. The summed E-state index contributed by atoms with van der Waals surface area (Å²) in [5.41, 5.74) is -0.172. The Morgan fingerprint density at radius 2 is 1.82 bits per heavy atom. The maximum absolute atomic E-state index is 13.8. The van der Waals surface area contributed by atoms with E-state index in [-0.39, 0.29) is 10.8 Å². The molecule has 0 spiro atoms. The molecule has 0 saturated heterocycles. The highest BCUT2D eigenvalue weighted by Gasteiger charge is 2.36. The van der Waals surface area contributed by atoms with E-state index in [0.717, 1.165) is 12.5 Å². The number of allylic oxidation sites excluding steroid dienone is 4. The van der Waals surface area contributed by atoms with Gasteiger partial charge in [0.25, 0.3) is 0 Å². The summed E-state index contributed by atoms with van der Waals surface area (Å²) >= 11 is 0. The lowest BCUT2D eigenvalue weighted by Gasteiger charge is -2.15. The Kier molecular flexibility index (Phi) is 6.87. The predicted octanol–water partition coefficient (Wildman–Crippen LogP) is 4.96. The summed E-state index contributed by atoms with van der Waals surface area (Å²) in [6, 6.07) is 5.83. The molecule has 152 valence electrons. The number of benzene rings is 1. The van der Waals surface area contributed by atoms with Crippen LogP contribution in [-0.4, -0.2) is 30.9 Å². The maximum Gasteiger partial charge on any atom is 0.318 e. The number of sulfone groups is 1. The summed E-state index contributed by atoms with van der Waals surface area (Å²) < 4.78 is 65.0. The second-order valence-corrected chi connectivity index (χ2v) is 8.13. The van der Waals surface area contributed by atoms with Gasteiger partial charge in [0.1, 0.15) is 11.5 Å². The zero-order valence-electron chi connectivity index (χ0n) is 15.9. The summed E-state index contributed by atoms with van der Waals surface area (Å²) in [6.45, 7) is 2.16. The topological polar surface area (TPSA) is 52.0 Å². The van der Waals surface area contributed by atoms with E-state index < -0.39 is 28.1 Å². The average molecular weight is 412 g/mol. The van der Waals surface area contributed by atoms with Gasteiger partial charge in [-0.25, -0.2) is 17.8 Å². The summed E-state index contributed by atoms with van der Waals surface area (Å²) in [6.07, 6.45) is 10.1. The summed E-state index contributed by atoms with van der Waals surface area (Å²) in [7, 11) is -3.37. The molecule has 0 radical (unpaired) electrons. The molecule has 1 aliphatic carbocycles. The van der Waals surface area contributed by atoms with Crippen LogP contribution in [0.3, 0.4) is 0 Å². The molecule has 0 fully saturated rings. The molecule has 3 rings (SSSR count). The standard InChI is InChI=1S/C18H17F3N2O2S.C2H6/c1-26(24,25)15-9-7-14(8-10-15)23-11-16(18(20,21)12-19)22-17(23)13-5-3-2-4-6-13;1-2/h2-5,7-11,13H,6,12H2,1H3;1-2H3. The Morgan fingerprint density at radius 3 is 2.32 bits per heavy atom. The third-order valence-corrected chi connectivity index (χ3v) is 5.26. The van der Waals surface area contributed by atoms with Gasteiger partial charge in [-0.1, -0.05) is 38.2 Å². The molecular formula is C20H23F3N2O2S. The lowest BCUT2D eigenvalue weighted by molar-refractivity contribution is -0.0319. The number of hydrogen-bond donors (Lipinski definition) is 0. The molecule has 0 bridgehead atoms. The Morgan fingerprint density at radius 1 is 1.18 bits per heavy atom. The fraction of sp³-hybridized carbons (Fsp3) is 0.350. The van der Waals surface area contributed by atoms with Crippen LogP contribution in [0, 0.1) is 0 Å². The minimum Gasteiger partial charge on any atom is -0.303 e. The van der Waals surface area contributed by atoms with Crippen molar-refractivity contribution in [1.29, 1.82) is 0 Å². The number of rotatable bonds is 5. The third-order valence-electron chi connectivity index (χ3n) is 4.13. The molecule has 8 heteroatoms. The minimum atomic E-state index is -3.68. The molecule has 1 aromatic heterocycles. The van der Waals surface area contributed by atoms with Crippen molar-refractivity contribution in [2.24, 2.45) is 0 Å². The van der Waals surface area contributed by atoms with E-state index in [1.54, 1.807) is 6.08 Å². The summed E-state index contributed by atoms with van der Waals surface area (Å²) in [5, 5.41) is 0. The molecule has 1 atom stereocenters. The van der Waals surface area contributed by atoms with E-state index in [9.17, 15) is 21.6 Å².